The number of amides is 1. The number of hydrogen-bond acceptors (Lipinski definition) is 6. The van der Waals surface area contributed by atoms with Gasteiger partial charge in [-0.25, -0.2) is 24.1 Å². The minimum absolute atomic E-state index is 0.155. The highest BCUT2D eigenvalue weighted by Gasteiger charge is 2.28. The zero-order valence-electron chi connectivity index (χ0n) is 16.9. The standard InChI is InChI=1S/C20H22ClN5O4/c1-20(2,3)30-19(29)25-6-4-11(5-7-25)12-8-13-15(22-9-12)14-16(21)23-10-24-17(14)26(13)18(27)28/h8-11H,4-7H2,1-3H3,(H,27,28). The molecule has 1 N–H and O–H groups in total. The lowest BCUT2D eigenvalue weighted by molar-refractivity contribution is 0.0204. The van der Waals surface area contributed by atoms with E-state index in [9.17, 15) is 14.7 Å². The van der Waals surface area contributed by atoms with Gasteiger partial charge in [-0.3, -0.25) is 4.98 Å². The predicted molar refractivity (Wildman–Crippen MR) is 111 cm³/mol. The van der Waals surface area contributed by atoms with Crippen LogP contribution in [0.4, 0.5) is 9.59 Å². The molecule has 0 aliphatic carbocycles. The van der Waals surface area contributed by atoms with Crippen LogP contribution in [0.2, 0.25) is 5.15 Å². The van der Waals surface area contributed by atoms with Gasteiger partial charge in [0.1, 0.15) is 22.6 Å². The van der Waals surface area contributed by atoms with Crippen molar-refractivity contribution in [3.05, 3.63) is 29.3 Å². The molecule has 0 unspecified atom stereocenters. The summed E-state index contributed by atoms with van der Waals surface area (Å²) in [5.74, 6) is 0.155. The van der Waals surface area contributed by atoms with E-state index in [4.69, 9.17) is 16.3 Å². The molecule has 4 heterocycles. The van der Waals surface area contributed by atoms with Crippen LogP contribution in [0.25, 0.3) is 22.1 Å². The van der Waals surface area contributed by atoms with Gasteiger partial charge in [0.2, 0.25) is 0 Å². The third kappa shape index (κ3) is 3.65. The van der Waals surface area contributed by atoms with Crippen molar-refractivity contribution in [2.45, 2.75) is 45.1 Å². The Bertz CT molecular complexity index is 1150. The Kier molecular flexibility index (Phi) is 5.01. The Morgan fingerprint density at radius 3 is 2.53 bits per heavy atom. The summed E-state index contributed by atoms with van der Waals surface area (Å²) in [6, 6.07) is 1.82. The van der Waals surface area contributed by atoms with Crippen LogP contribution in [-0.4, -0.2) is 60.4 Å². The van der Waals surface area contributed by atoms with Crippen LogP contribution in [0.15, 0.2) is 18.6 Å². The molecule has 0 saturated carbocycles. The number of aromatic nitrogens is 4. The molecule has 1 saturated heterocycles. The SMILES string of the molecule is CC(C)(C)OC(=O)N1CCC(c2cnc3c4c(Cl)ncnc4n(C(=O)O)c3c2)CC1. The fourth-order valence-corrected chi connectivity index (χ4v) is 4.03. The van der Waals surface area contributed by atoms with Crippen LogP contribution in [-0.2, 0) is 4.74 Å². The lowest BCUT2D eigenvalue weighted by Crippen LogP contribution is -2.41. The smallest absolute Gasteiger partial charge is 0.417 e. The van der Waals surface area contributed by atoms with Crippen molar-refractivity contribution in [2.75, 3.05) is 13.1 Å². The molecular weight excluding hydrogens is 410 g/mol. The second-order valence-electron chi connectivity index (χ2n) is 8.36. The van der Waals surface area contributed by atoms with Gasteiger partial charge in [-0.1, -0.05) is 11.6 Å². The molecule has 0 radical (unpaired) electrons. The highest BCUT2D eigenvalue weighted by molar-refractivity contribution is 6.36. The first kappa shape index (κ1) is 20.3. The molecule has 1 aliphatic heterocycles. The molecule has 0 bridgehead atoms. The van der Waals surface area contributed by atoms with Crippen LogP contribution in [0.1, 0.15) is 45.1 Å². The summed E-state index contributed by atoms with van der Waals surface area (Å²) in [6.45, 7) is 6.66. The number of halogens is 1. The molecule has 1 fully saturated rings. The second kappa shape index (κ2) is 7.39. The second-order valence-corrected chi connectivity index (χ2v) is 8.72. The van der Waals surface area contributed by atoms with E-state index in [2.05, 4.69) is 15.0 Å². The minimum atomic E-state index is -1.16. The summed E-state index contributed by atoms with van der Waals surface area (Å²) in [7, 11) is 0. The molecule has 30 heavy (non-hydrogen) atoms. The first-order valence-corrected chi connectivity index (χ1v) is 10.1. The minimum Gasteiger partial charge on any atom is -0.464 e. The Balaban J connectivity index is 1.63. The van der Waals surface area contributed by atoms with E-state index >= 15 is 0 Å². The van der Waals surface area contributed by atoms with Gasteiger partial charge >= 0.3 is 12.2 Å². The summed E-state index contributed by atoms with van der Waals surface area (Å²) in [4.78, 5) is 38.4. The van der Waals surface area contributed by atoms with E-state index in [1.807, 2.05) is 26.8 Å². The maximum atomic E-state index is 12.3. The third-order valence-electron chi connectivity index (χ3n) is 5.17. The Morgan fingerprint density at radius 2 is 1.90 bits per heavy atom. The Morgan fingerprint density at radius 1 is 1.20 bits per heavy atom. The summed E-state index contributed by atoms with van der Waals surface area (Å²) < 4.78 is 6.53. The summed E-state index contributed by atoms with van der Waals surface area (Å²) in [5, 5.41) is 10.3. The van der Waals surface area contributed by atoms with E-state index in [1.165, 1.54) is 6.33 Å². The van der Waals surface area contributed by atoms with Crippen molar-refractivity contribution in [1.29, 1.82) is 0 Å². The third-order valence-corrected chi connectivity index (χ3v) is 5.46. The first-order valence-electron chi connectivity index (χ1n) is 9.67. The number of ether oxygens (including phenoxy) is 1. The van der Waals surface area contributed by atoms with Crippen molar-refractivity contribution >= 4 is 45.9 Å². The van der Waals surface area contributed by atoms with Crippen LogP contribution in [0, 0.1) is 0 Å². The number of carbonyl (C=O) groups excluding carboxylic acids is 1. The molecule has 0 aromatic carbocycles. The summed E-state index contributed by atoms with van der Waals surface area (Å²) >= 11 is 6.19. The number of hydrogen-bond donors (Lipinski definition) is 1. The van der Waals surface area contributed by atoms with Gasteiger partial charge in [-0.05, 0) is 51.2 Å². The number of likely N-dealkylation sites (tertiary alicyclic amines) is 1. The van der Waals surface area contributed by atoms with E-state index in [0.717, 1.165) is 23.0 Å². The van der Waals surface area contributed by atoms with Gasteiger partial charge in [0.25, 0.3) is 0 Å². The molecule has 0 spiro atoms. The topological polar surface area (TPSA) is 110 Å². The van der Waals surface area contributed by atoms with Gasteiger partial charge in [-0.2, -0.15) is 0 Å². The van der Waals surface area contributed by atoms with Crippen molar-refractivity contribution < 1.29 is 19.4 Å². The highest BCUT2D eigenvalue weighted by atomic mass is 35.5. The molecule has 4 rings (SSSR count). The fraction of sp³-hybridized carbons (Fsp3) is 0.450. The molecule has 10 heteroatoms. The van der Waals surface area contributed by atoms with Gasteiger partial charge in [0.15, 0.2) is 5.65 Å². The normalized spacial score (nSPS) is 15.7. The molecule has 9 nitrogen and oxygen atoms in total. The van der Waals surface area contributed by atoms with Gasteiger partial charge in [0, 0.05) is 19.3 Å². The van der Waals surface area contributed by atoms with Crippen molar-refractivity contribution in [3.8, 4) is 0 Å². The van der Waals surface area contributed by atoms with Crippen molar-refractivity contribution in [2.24, 2.45) is 0 Å². The molecule has 1 aliphatic rings. The number of piperidine rings is 1. The zero-order valence-corrected chi connectivity index (χ0v) is 17.7. The van der Waals surface area contributed by atoms with Crippen molar-refractivity contribution in [3.63, 3.8) is 0 Å². The number of fused-ring (bicyclic) bond motifs is 3. The van der Waals surface area contributed by atoms with Crippen molar-refractivity contribution in [1.82, 2.24) is 24.4 Å². The Labute approximate surface area is 177 Å². The predicted octanol–water partition coefficient (Wildman–Crippen LogP) is 4.27. The van der Waals surface area contributed by atoms with E-state index in [1.54, 1.807) is 11.1 Å². The maximum absolute atomic E-state index is 12.3. The molecule has 1 amide bonds. The first-order chi connectivity index (χ1) is 14.2. The lowest BCUT2D eigenvalue weighted by Gasteiger charge is -2.33. The number of nitrogens with zero attached hydrogens (tertiary/aromatic N) is 5. The van der Waals surface area contributed by atoms with Crippen LogP contribution < -0.4 is 0 Å². The van der Waals surface area contributed by atoms with Gasteiger partial charge < -0.3 is 14.7 Å². The fourth-order valence-electron chi connectivity index (χ4n) is 3.81. The summed E-state index contributed by atoms with van der Waals surface area (Å²) in [5.41, 5.74) is 1.47. The Hall–Kier alpha value is -2.94. The number of pyridine rings is 1. The molecule has 3 aromatic heterocycles. The number of carboxylic acid groups (broad SMARTS) is 1. The average Bonchev–Trinajstić information content (AvgIpc) is 3.01. The van der Waals surface area contributed by atoms with Crippen LogP contribution in [0.5, 0.6) is 0 Å². The van der Waals surface area contributed by atoms with Gasteiger partial charge in [-0.15, -0.1) is 0 Å². The lowest BCUT2D eigenvalue weighted by atomic mass is 9.90. The molecule has 0 atom stereocenters. The largest absolute Gasteiger partial charge is 0.464 e. The average molecular weight is 432 g/mol. The highest BCUT2D eigenvalue weighted by Crippen LogP contribution is 2.34. The quantitative estimate of drug-likeness (QED) is 0.572. The monoisotopic (exact) mass is 431 g/mol. The maximum Gasteiger partial charge on any atom is 0.417 e. The van der Waals surface area contributed by atoms with Crippen LogP contribution in [0.3, 0.4) is 0 Å². The number of carbonyl (C=O) groups is 2. The van der Waals surface area contributed by atoms with E-state index < -0.39 is 11.7 Å². The van der Waals surface area contributed by atoms with E-state index in [0.29, 0.717) is 29.5 Å². The molecular formula is C20H22ClN5O4. The van der Waals surface area contributed by atoms with Gasteiger partial charge in [0.05, 0.1) is 10.9 Å². The molecule has 3 aromatic rings. The van der Waals surface area contributed by atoms with E-state index in [-0.39, 0.29) is 22.8 Å². The number of rotatable bonds is 1. The molecule has 158 valence electrons. The summed E-state index contributed by atoms with van der Waals surface area (Å²) in [6.07, 6.45) is 2.97. The zero-order chi connectivity index (χ0) is 21.6. The van der Waals surface area contributed by atoms with Crippen LogP contribution >= 0.6 is 11.6 Å².